The van der Waals surface area contributed by atoms with Crippen LogP contribution in [0.2, 0.25) is 5.02 Å². The second-order valence-electron chi connectivity index (χ2n) is 4.04. The van der Waals surface area contributed by atoms with Gasteiger partial charge in [-0.15, -0.1) is 0 Å². The van der Waals surface area contributed by atoms with Crippen molar-refractivity contribution in [3.63, 3.8) is 0 Å². The number of hydrogen-bond acceptors (Lipinski definition) is 4. The molecule has 0 aliphatic carbocycles. The maximum absolute atomic E-state index is 9.92. The predicted molar refractivity (Wildman–Crippen MR) is 63.4 cm³/mol. The molecule has 1 aromatic rings. The van der Waals surface area contributed by atoms with Gasteiger partial charge in [0.1, 0.15) is 5.75 Å². The van der Waals surface area contributed by atoms with E-state index in [4.69, 9.17) is 26.8 Å². The molecule has 0 unspecified atom stereocenters. The number of nitrogens with two attached hydrogens (primary N) is 1. The monoisotopic (exact) mass is 245 g/mol. The highest BCUT2D eigenvalue weighted by atomic mass is 35.5. The molecule has 0 aromatic heterocycles. The molecule has 0 aliphatic rings. The van der Waals surface area contributed by atoms with E-state index in [-0.39, 0.29) is 10.8 Å². The van der Waals surface area contributed by atoms with Gasteiger partial charge < -0.3 is 20.3 Å². The van der Waals surface area contributed by atoms with Crippen LogP contribution in [-0.2, 0) is 5.54 Å². The van der Waals surface area contributed by atoms with Crippen LogP contribution in [-0.4, -0.2) is 19.3 Å². The summed E-state index contributed by atoms with van der Waals surface area (Å²) in [6.07, 6.45) is 0. The first-order chi connectivity index (χ1) is 7.32. The molecule has 0 fully saturated rings. The number of phenols is 1. The van der Waals surface area contributed by atoms with Gasteiger partial charge in [0.15, 0.2) is 11.5 Å². The molecule has 1 rings (SSSR count). The minimum Gasteiger partial charge on any atom is -0.506 e. The number of hydrogen-bond donors (Lipinski definition) is 2. The molecular formula is C11H16ClNO3. The van der Waals surface area contributed by atoms with Crippen molar-refractivity contribution < 1.29 is 14.6 Å². The van der Waals surface area contributed by atoms with Crippen molar-refractivity contribution in [2.45, 2.75) is 19.4 Å². The van der Waals surface area contributed by atoms with Crippen molar-refractivity contribution in [3.05, 3.63) is 16.7 Å². The number of benzene rings is 1. The summed E-state index contributed by atoms with van der Waals surface area (Å²) in [7, 11) is 2.99. The molecule has 16 heavy (non-hydrogen) atoms. The number of rotatable bonds is 3. The molecule has 0 amide bonds. The Morgan fingerprint density at radius 1 is 1.31 bits per heavy atom. The smallest absolute Gasteiger partial charge is 0.169 e. The summed E-state index contributed by atoms with van der Waals surface area (Å²) < 4.78 is 10.3. The molecule has 3 N–H and O–H groups in total. The van der Waals surface area contributed by atoms with E-state index in [2.05, 4.69) is 0 Å². The average molecular weight is 246 g/mol. The fourth-order valence-electron chi connectivity index (χ4n) is 1.55. The zero-order valence-corrected chi connectivity index (χ0v) is 10.6. The van der Waals surface area contributed by atoms with E-state index in [0.29, 0.717) is 17.1 Å². The highest BCUT2D eigenvalue weighted by molar-refractivity contribution is 6.32. The van der Waals surface area contributed by atoms with Crippen LogP contribution >= 0.6 is 11.6 Å². The van der Waals surface area contributed by atoms with Gasteiger partial charge >= 0.3 is 0 Å². The number of methoxy groups -OCH3 is 2. The number of halogens is 1. The van der Waals surface area contributed by atoms with Gasteiger partial charge in [0.05, 0.1) is 24.8 Å². The Balaban J connectivity index is 3.60. The van der Waals surface area contributed by atoms with Crippen molar-refractivity contribution in [1.29, 1.82) is 0 Å². The van der Waals surface area contributed by atoms with Crippen LogP contribution < -0.4 is 15.2 Å². The van der Waals surface area contributed by atoms with E-state index >= 15 is 0 Å². The Morgan fingerprint density at radius 2 is 1.88 bits per heavy atom. The second-order valence-corrected chi connectivity index (χ2v) is 4.45. The Labute approximate surface area is 99.9 Å². The molecule has 5 heteroatoms. The zero-order chi connectivity index (χ0) is 12.5. The Hall–Kier alpha value is -1.13. The lowest BCUT2D eigenvalue weighted by molar-refractivity contribution is 0.336. The summed E-state index contributed by atoms with van der Waals surface area (Å²) in [5, 5.41) is 10.1. The minimum atomic E-state index is -0.784. The van der Waals surface area contributed by atoms with Crippen LogP contribution in [0.15, 0.2) is 6.07 Å². The molecule has 0 heterocycles. The number of aromatic hydroxyl groups is 1. The van der Waals surface area contributed by atoms with Crippen molar-refractivity contribution in [1.82, 2.24) is 0 Å². The van der Waals surface area contributed by atoms with E-state index in [1.165, 1.54) is 20.3 Å². The van der Waals surface area contributed by atoms with Crippen molar-refractivity contribution in [3.8, 4) is 17.2 Å². The van der Waals surface area contributed by atoms with Crippen LogP contribution in [0.5, 0.6) is 17.2 Å². The normalized spacial score (nSPS) is 11.4. The molecule has 0 spiro atoms. The number of ether oxygens (including phenoxy) is 2. The van der Waals surface area contributed by atoms with Crippen LogP contribution in [0.3, 0.4) is 0 Å². The fraction of sp³-hybridized carbons (Fsp3) is 0.455. The molecular weight excluding hydrogens is 230 g/mol. The molecule has 4 nitrogen and oxygen atoms in total. The van der Waals surface area contributed by atoms with Gasteiger partial charge in [0.25, 0.3) is 0 Å². The van der Waals surface area contributed by atoms with Crippen molar-refractivity contribution >= 4 is 11.6 Å². The summed E-state index contributed by atoms with van der Waals surface area (Å²) in [6, 6.07) is 1.49. The van der Waals surface area contributed by atoms with Crippen molar-refractivity contribution in [2.24, 2.45) is 5.73 Å². The maximum atomic E-state index is 9.92. The Morgan fingerprint density at radius 3 is 2.25 bits per heavy atom. The van der Waals surface area contributed by atoms with Gasteiger partial charge in [0, 0.05) is 11.6 Å². The van der Waals surface area contributed by atoms with Gasteiger partial charge in [-0.25, -0.2) is 0 Å². The first kappa shape index (κ1) is 12.9. The lowest BCUT2D eigenvalue weighted by Crippen LogP contribution is -2.29. The van der Waals surface area contributed by atoms with E-state index in [1.807, 2.05) is 0 Å². The summed E-state index contributed by atoms with van der Waals surface area (Å²) in [6.45, 7) is 3.50. The van der Waals surface area contributed by atoms with Crippen LogP contribution in [0.1, 0.15) is 19.4 Å². The SMILES string of the molecule is COc1cc(Cl)c(O)c(C(C)(C)N)c1OC. The first-order valence-corrected chi connectivity index (χ1v) is 5.13. The quantitative estimate of drug-likeness (QED) is 0.857. The molecule has 0 aliphatic heterocycles. The maximum Gasteiger partial charge on any atom is 0.169 e. The summed E-state index contributed by atoms with van der Waals surface area (Å²) >= 11 is 5.89. The van der Waals surface area contributed by atoms with E-state index < -0.39 is 5.54 Å². The van der Waals surface area contributed by atoms with Gasteiger partial charge in [0.2, 0.25) is 0 Å². The highest BCUT2D eigenvalue weighted by Gasteiger charge is 2.28. The molecule has 90 valence electrons. The summed E-state index contributed by atoms with van der Waals surface area (Å²) in [5.41, 5.74) is 5.62. The lowest BCUT2D eigenvalue weighted by atomic mass is 9.93. The molecule has 1 aromatic carbocycles. The van der Waals surface area contributed by atoms with E-state index in [0.717, 1.165) is 0 Å². The van der Waals surface area contributed by atoms with Crippen LogP contribution in [0, 0.1) is 0 Å². The molecule has 0 bridgehead atoms. The lowest BCUT2D eigenvalue weighted by Gasteiger charge is -2.25. The third kappa shape index (κ3) is 2.18. The van der Waals surface area contributed by atoms with E-state index in [1.54, 1.807) is 13.8 Å². The van der Waals surface area contributed by atoms with Gasteiger partial charge in [-0.05, 0) is 13.8 Å². The fourth-order valence-corrected chi connectivity index (χ4v) is 1.74. The minimum absolute atomic E-state index is 0.0770. The highest BCUT2D eigenvalue weighted by Crippen LogP contribution is 2.46. The average Bonchev–Trinajstić information content (AvgIpc) is 2.19. The van der Waals surface area contributed by atoms with Crippen LogP contribution in [0.4, 0.5) is 0 Å². The predicted octanol–water partition coefficient (Wildman–Crippen LogP) is 2.26. The summed E-state index contributed by atoms with van der Waals surface area (Å²) in [5.74, 6) is 0.766. The van der Waals surface area contributed by atoms with Gasteiger partial charge in [-0.3, -0.25) is 0 Å². The third-order valence-electron chi connectivity index (χ3n) is 2.24. The number of phenolic OH excluding ortho intramolecular Hbond substituents is 1. The van der Waals surface area contributed by atoms with Crippen LogP contribution in [0.25, 0.3) is 0 Å². The van der Waals surface area contributed by atoms with Crippen molar-refractivity contribution in [2.75, 3.05) is 14.2 Å². The Bertz CT molecular complexity index is 399. The largest absolute Gasteiger partial charge is 0.506 e. The molecule has 0 saturated heterocycles. The first-order valence-electron chi connectivity index (χ1n) is 4.75. The van der Waals surface area contributed by atoms with Gasteiger partial charge in [-0.1, -0.05) is 11.6 Å². The Kier molecular flexibility index (Phi) is 3.55. The topological polar surface area (TPSA) is 64.7 Å². The third-order valence-corrected chi connectivity index (χ3v) is 2.53. The summed E-state index contributed by atoms with van der Waals surface area (Å²) in [4.78, 5) is 0. The molecule has 0 atom stereocenters. The van der Waals surface area contributed by atoms with E-state index in [9.17, 15) is 5.11 Å². The van der Waals surface area contributed by atoms with Gasteiger partial charge in [-0.2, -0.15) is 0 Å². The zero-order valence-electron chi connectivity index (χ0n) is 9.80. The standard InChI is InChI=1S/C11H16ClNO3/c1-11(2,13)8-9(14)6(12)5-7(15-3)10(8)16-4/h5,14H,13H2,1-4H3. The molecule has 0 saturated carbocycles. The second kappa shape index (κ2) is 4.39. The molecule has 0 radical (unpaired) electrons.